The van der Waals surface area contributed by atoms with Crippen LogP contribution in [0.1, 0.15) is 5.56 Å². The van der Waals surface area contributed by atoms with Gasteiger partial charge in [0.15, 0.2) is 0 Å². The third kappa shape index (κ3) is 1.72. The highest BCUT2D eigenvalue weighted by Crippen LogP contribution is 2.34. The maximum atomic E-state index is 6.11. The fourth-order valence-electron chi connectivity index (χ4n) is 1.67. The Morgan fingerprint density at radius 3 is 2.69 bits per heavy atom. The molecule has 16 heavy (non-hydrogen) atoms. The van der Waals surface area contributed by atoms with Gasteiger partial charge < -0.3 is 10.5 Å². The highest BCUT2D eigenvalue weighted by Gasteiger charge is 2.10. The first-order valence-corrected chi connectivity index (χ1v) is 5.14. The van der Waals surface area contributed by atoms with Crippen LogP contribution in [0.15, 0.2) is 18.3 Å². The lowest BCUT2D eigenvalue weighted by Crippen LogP contribution is -1.91. The molecule has 0 saturated carbocycles. The fourth-order valence-corrected chi connectivity index (χ4v) is 2.01. The molecule has 0 aliphatic heterocycles. The smallest absolute Gasteiger partial charge is 0.140 e. The van der Waals surface area contributed by atoms with E-state index in [2.05, 4.69) is 10.2 Å². The van der Waals surface area contributed by atoms with E-state index in [-0.39, 0.29) is 0 Å². The van der Waals surface area contributed by atoms with Crippen molar-refractivity contribution in [2.24, 2.45) is 0 Å². The van der Waals surface area contributed by atoms with Gasteiger partial charge in [0.05, 0.1) is 18.3 Å². The molecular weight excluding hydrogens is 226 g/mol. The van der Waals surface area contributed by atoms with Crippen molar-refractivity contribution in [1.29, 1.82) is 0 Å². The van der Waals surface area contributed by atoms with Gasteiger partial charge in [0.2, 0.25) is 0 Å². The largest absolute Gasteiger partial charge is 0.495 e. The molecule has 0 radical (unpaired) electrons. The van der Waals surface area contributed by atoms with Gasteiger partial charge in [-0.15, -0.1) is 0 Å². The fraction of sp³-hybridized carbons (Fsp3) is 0.182. The Bertz CT molecular complexity index is 499. The summed E-state index contributed by atoms with van der Waals surface area (Å²) in [7, 11) is 1.60. The number of rotatable bonds is 2. The van der Waals surface area contributed by atoms with Gasteiger partial charge in [0.25, 0.3) is 0 Å². The molecule has 4 nitrogen and oxygen atoms in total. The molecule has 0 saturated heterocycles. The summed E-state index contributed by atoms with van der Waals surface area (Å²) in [6.07, 6.45) is 1.67. The van der Waals surface area contributed by atoms with E-state index >= 15 is 0 Å². The number of methoxy groups -OCH3 is 1. The Labute approximate surface area is 98.4 Å². The van der Waals surface area contributed by atoms with Gasteiger partial charge in [0.1, 0.15) is 11.6 Å². The van der Waals surface area contributed by atoms with Crippen molar-refractivity contribution in [2.75, 3.05) is 12.8 Å². The predicted octanol–water partition coefficient (Wildman–Crippen LogP) is 2.63. The van der Waals surface area contributed by atoms with E-state index in [1.807, 2.05) is 19.1 Å². The minimum Gasteiger partial charge on any atom is -0.495 e. The summed E-state index contributed by atoms with van der Waals surface area (Å²) < 4.78 is 5.19. The Hall–Kier alpha value is -1.68. The Morgan fingerprint density at radius 2 is 2.19 bits per heavy atom. The minimum atomic E-state index is 0.528. The van der Waals surface area contributed by atoms with Crippen molar-refractivity contribution in [3.8, 4) is 16.9 Å². The van der Waals surface area contributed by atoms with Crippen LogP contribution in [0.3, 0.4) is 0 Å². The number of nitrogens with one attached hydrogen (secondary N) is 1. The number of nitrogen functional groups attached to an aromatic ring is 1. The molecule has 0 aliphatic carbocycles. The molecule has 5 heteroatoms. The summed E-state index contributed by atoms with van der Waals surface area (Å²) in [6, 6.07) is 3.78. The van der Waals surface area contributed by atoms with E-state index in [9.17, 15) is 0 Å². The van der Waals surface area contributed by atoms with Gasteiger partial charge in [-0.3, -0.25) is 5.10 Å². The quantitative estimate of drug-likeness (QED) is 0.844. The Balaban J connectivity index is 2.57. The first-order valence-electron chi connectivity index (χ1n) is 4.77. The molecule has 1 aromatic heterocycles. The third-order valence-electron chi connectivity index (χ3n) is 2.41. The van der Waals surface area contributed by atoms with E-state index in [4.69, 9.17) is 22.1 Å². The standard InChI is InChI=1S/C11H12ClN3O/c1-6-3-7(4-9(12)10(6)16-2)8-5-14-15-11(8)13/h3-5H,1-2H3,(H3,13,14,15). The molecule has 3 N–H and O–H groups in total. The highest BCUT2D eigenvalue weighted by atomic mass is 35.5. The van der Waals surface area contributed by atoms with Crippen molar-refractivity contribution >= 4 is 17.4 Å². The van der Waals surface area contributed by atoms with Gasteiger partial charge in [-0.25, -0.2) is 0 Å². The summed E-state index contributed by atoms with van der Waals surface area (Å²) in [5.41, 5.74) is 8.48. The average molecular weight is 238 g/mol. The molecule has 2 aromatic rings. The summed E-state index contributed by atoms with van der Waals surface area (Å²) >= 11 is 6.11. The number of ether oxygens (including phenoxy) is 1. The molecule has 0 fully saturated rings. The first kappa shape index (κ1) is 10.8. The SMILES string of the molecule is COc1c(C)cc(-c2cn[nH]c2N)cc1Cl. The Morgan fingerprint density at radius 1 is 1.44 bits per heavy atom. The Kier molecular flexibility index (Phi) is 2.75. The summed E-state index contributed by atoms with van der Waals surface area (Å²) in [4.78, 5) is 0. The van der Waals surface area contributed by atoms with Crippen molar-refractivity contribution < 1.29 is 4.74 Å². The molecular formula is C11H12ClN3O. The number of aromatic nitrogens is 2. The number of hydrogen-bond donors (Lipinski definition) is 2. The van der Waals surface area contributed by atoms with Crippen LogP contribution in [0.25, 0.3) is 11.1 Å². The average Bonchev–Trinajstić information content (AvgIpc) is 2.64. The van der Waals surface area contributed by atoms with Gasteiger partial charge >= 0.3 is 0 Å². The van der Waals surface area contributed by atoms with Crippen LogP contribution >= 0.6 is 11.6 Å². The van der Waals surface area contributed by atoms with Gasteiger partial charge in [-0.2, -0.15) is 5.10 Å². The zero-order valence-electron chi connectivity index (χ0n) is 9.04. The summed E-state index contributed by atoms with van der Waals surface area (Å²) in [5, 5.41) is 7.13. The molecule has 1 heterocycles. The maximum Gasteiger partial charge on any atom is 0.140 e. The van der Waals surface area contributed by atoms with Crippen LogP contribution in [-0.2, 0) is 0 Å². The number of nitrogens with zero attached hydrogens (tertiary/aromatic N) is 1. The molecule has 84 valence electrons. The zero-order chi connectivity index (χ0) is 11.7. The van der Waals surface area contributed by atoms with Crippen molar-refractivity contribution in [1.82, 2.24) is 10.2 Å². The lowest BCUT2D eigenvalue weighted by molar-refractivity contribution is 0.412. The first-order chi connectivity index (χ1) is 7.63. The van der Waals surface area contributed by atoms with E-state index < -0.39 is 0 Å². The zero-order valence-corrected chi connectivity index (χ0v) is 9.80. The maximum absolute atomic E-state index is 6.11. The topological polar surface area (TPSA) is 63.9 Å². The third-order valence-corrected chi connectivity index (χ3v) is 2.69. The second-order valence-corrected chi connectivity index (χ2v) is 3.91. The van der Waals surface area contributed by atoms with Crippen LogP contribution in [0.2, 0.25) is 5.02 Å². The minimum absolute atomic E-state index is 0.528. The number of aromatic amines is 1. The van der Waals surface area contributed by atoms with Crippen LogP contribution in [-0.4, -0.2) is 17.3 Å². The number of anilines is 1. The predicted molar refractivity (Wildman–Crippen MR) is 64.7 cm³/mol. The molecule has 0 spiro atoms. The number of benzene rings is 1. The number of halogens is 1. The van der Waals surface area contributed by atoms with E-state index in [0.717, 1.165) is 16.7 Å². The molecule has 0 atom stereocenters. The van der Waals surface area contributed by atoms with Crippen molar-refractivity contribution in [3.05, 3.63) is 28.9 Å². The number of nitrogens with two attached hydrogens (primary N) is 1. The number of hydrogen-bond acceptors (Lipinski definition) is 3. The van der Waals surface area contributed by atoms with E-state index in [1.165, 1.54) is 0 Å². The number of H-pyrrole nitrogens is 1. The molecule has 1 aromatic carbocycles. The van der Waals surface area contributed by atoms with Crippen LogP contribution in [0, 0.1) is 6.92 Å². The van der Waals surface area contributed by atoms with Crippen molar-refractivity contribution in [2.45, 2.75) is 6.92 Å². The van der Waals surface area contributed by atoms with Gasteiger partial charge in [-0.1, -0.05) is 11.6 Å². The monoisotopic (exact) mass is 237 g/mol. The molecule has 0 amide bonds. The number of aryl methyl sites for hydroxylation is 1. The van der Waals surface area contributed by atoms with Crippen LogP contribution < -0.4 is 10.5 Å². The lowest BCUT2D eigenvalue weighted by Gasteiger charge is -2.09. The summed E-state index contributed by atoms with van der Waals surface area (Å²) in [6.45, 7) is 1.94. The van der Waals surface area contributed by atoms with E-state index in [1.54, 1.807) is 13.3 Å². The summed E-state index contributed by atoms with van der Waals surface area (Å²) in [5.74, 6) is 1.22. The second-order valence-electron chi connectivity index (χ2n) is 3.51. The van der Waals surface area contributed by atoms with Crippen LogP contribution in [0.5, 0.6) is 5.75 Å². The lowest BCUT2D eigenvalue weighted by atomic mass is 10.1. The molecule has 0 unspecified atom stereocenters. The van der Waals surface area contributed by atoms with Gasteiger partial charge in [0, 0.05) is 5.56 Å². The normalized spacial score (nSPS) is 10.4. The molecule has 2 rings (SSSR count). The molecule has 0 aliphatic rings. The highest BCUT2D eigenvalue weighted by molar-refractivity contribution is 6.32. The molecule has 0 bridgehead atoms. The second kappa shape index (κ2) is 4.06. The van der Waals surface area contributed by atoms with Crippen LogP contribution in [0.4, 0.5) is 5.82 Å². The van der Waals surface area contributed by atoms with Gasteiger partial charge in [-0.05, 0) is 30.2 Å². The van der Waals surface area contributed by atoms with E-state index in [0.29, 0.717) is 16.6 Å². The van der Waals surface area contributed by atoms with Crippen molar-refractivity contribution in [3.63, 3.8) is 0 Å².